The Morgan fingerprint density at radius 1 is 1.42 bits per heavy atom. The Morgan fingerprint density at radius 2 is 2.16 bits per heavy atom. The number of nitrogens with two attached hydrogens (primary N) is 1. The third kappa shape index (κ3) is 3.16. The van der Waals surface area contributed by atoms with Gasteiger partial charge in [0, 0.05) is 24.9 Å². The van der Waals surface area contributed by atoms with Gasteiger partial charge in [-0.15, -0.1) is 0 Å². The highest BCUT2D eigenvalue weighted by Gasteiger charge is 2.33. The quantitative estimate of drug-likeness (QED) is 0.904. The molecule has 1 aliphatic heterocycles. The van der Waals surface area contributed by atoms with Crippen molar-refractivity contribution in [3.8, 4) is 0 Å². The molecule has 1 fully saturated rings. The van der Waals surface area contributed by atoms with E-state index in [-0.39, 0.29) is 5.91 Å². The van der Waals surface area contributed by atoms with Crippen LogP contribution in [0.3, 0.4) is 0 Å². The second kappa shape index (κ2) is 6.20. The molecule has 0 aliphatic carbocycles. The van der Waals surface area contributed by atoms with Crippen molar-refractivity contribution >= 4 is 5.91 Å². The van der Waals surface area contributed by atoms with Crippen molar-refractivity contribution < 1.29 is 4.79 Å². The van der Waals surface area contributed by atoms with Crippen LogP contribution in [0.5, 0.6) is 0 Å². The zero-order chi connectivity index (χ0) is 13.8. The molecule has 1 saturated heterocycles. The van der Waals surface area contributed by atoms with Crippen LogP contribution in [0.15, 0.2) is 24.3 Å². The lowest BCUT2D eigenvalue weighted by atomic mass is 9.93. The summed E-state index contributed by atoms with van der Waals surface area (Å²) in [6.07, 6.45) is 2.44. The van der Waals surface area contributed by atoms with Crippen molar-refractivity contribution in [3.63, 3.8) is 0 Å². The molecule has 1 aromatic carbocycles. The average Bonchev–Trinajstić information content (AvgIpc) is 2.78. The van der Waals surface area contributed by atoms with E-state index >= 15 is 0 Å². The lowest BCUT2D eigenvalue weighted by Crippen LogP contribution is -2.34. The molecule has 19 heavy (non-hydrogen) atoms. The maximum atomic E-state index is 12.1. The Kier molecular flexibility index (Phi) is 4.59. The molecular weight excluding hydrogens is 236 g/mol. The van der Waals surface area contributed by atoms with E-state index in [4.69, 9.17) is 5.73 Å². The monoisotopic (exact) mass is 260 g/mol. The van der Waals surface area contributed by atoms with Crippen molar-refractivity contribution in [1.29, 1.82) is 0 Å². The summed E-state index contributed by atoms with van der Waals surface area (Å²) < 4.78 is 0. The zero-order valence-electron chi connectivity index (χ0n) is 11.9. The standard InChI is InChI=1S/C16H24N2O/c1-12-6-3-4-7-15(12)14-10-13(2)18(11-14)16(19)8-5-9-17/h3-4,6-7,13-14H,5,8-11,17H2,1-2H3/t13-,14-/m0/s1. The molecule has 1 heterocycles. The average molecular weight is 260 g/mol. The van der Waals surface area contributed by atoms with Crippen LogP contribution in [0.25, 0.3) is 0 Å². The number of benzene rings is 1. The first-order valence-corrected chi connectivity index (χ1v) is 7.18. The van der Waals surface area contributed by atoms with Crippen LogP contribution < -0.4 is 5.73 Å². The topological polar surface area (TPSA) is 46.3 Å². The summed E-state index contributed by atoms with van der Waals surface area (Å²) in [5, 5.41) is 0. The first-order chi connectivity index (χ1) is 9.13. The molecule has 1 aromatic rings. The molecular formula is C16H24N2O. The second-order valence-corrected chi connectivity index (χ2v) is 5.58. The maximum absolute atomic E-state index is 12.1. The fourth-order valence-corrected chi connectivity index (χ4v) is 3.05. The maximum Gasteiger partial charge on any atom is 0.222 e. The van der Waals surface area contributed by atoms with Gasteiger partial charge in [-0.2, -0.15) is 0 Å². The Hall–Kier alpha value is -1.35. The van der Waals surface area contributed by atoms with E-state index in [9.17, 15) is 4.79 Å². The van der Waals surface area contributed by atoms with Gasteiger partial charge in [-0.3, -0.25) is 4.79 Å². The van der Waals surface area contributed by atoms with Crippen LogP contribution in [-0.4, -0.2) is 29.9 Å². The van der Waals surface area contributed by atoms with Crippen molar-refractivity contribution in [2.24, 2.45) is 5.73 Å². The summed E-state index contributed by atoms with van der Waals surface area (Å²) in [5.74, 6) is 0.743. The third-order valence-corrected chi connectivity index (χ3v) is 4.12. The van der Waals surface area contributed by atoms with Crippen molar-refractivity contribution in [1.82, 2.24) is 4.90 Å². The fourth-order valence-electron chi connectivity index (χ4n) is 3.05. The molecule has 0 unspecified atom stereocenters. The molecule has 0 saturated carbocycles. The molecule has 2 N–H and O–H groups in total. The highest BCUT2D eigenvalue weighted by Crippen LogP contribution is 2.33. The summed E-state index contributed by atoms with van der Waals surface area (Å²) in [6.45, 7) is 5.75. The van der Waals surface area contributed by atoms with E-state index in [2.05, 4.69) is 38.1 Å². The number of likely N-dealkylation sites (tertiary alicyclic amines) is 1. The summed E-state index contributed by atoms with van der Waals surface area (Å²) in [6, 6.07) is 8.85. The van der Waals surface area contributed by atoms with Gasteiger partial charge in [0.15, 0.2) is 0 Å². The zero-order valence-corrected chi connectivity index (χ0v) is 11.9. The Labute approximate surface area is 115 Å². The van der Waals surface area contributed by atoms with Gasteiger partial charge in [0.2, 0.25) is 5.91 Å². The van der Waals surface area contributed by atoms with Crippen molar-refractivity contribution in [2.45, 2.75) is 45.1 Å². The SMILES string of the molecule is Cc1ccccc1[C@H]1C[C@H](C)N(C(=O)CCCN)C1. The Morgan fingerprint density at radius 3 is 2.84 bits per heavy atom. The molecule has 3 nitrogen and oxygen atoms in total. The van der Waals surface area contributed by atoms with Crippen molar-refractivity contribution in [3.05, 3.63) is 35.4 Å². The van der Waals surface area contributed by atoms with Gasteiger partial charge in [0.05, 0.1) is 0 Å². The van der Waals surface area contributed by atoms with Crippen LogP contribution in [-0.2, 0) is 4.79 Å². The van der Waals surface area contributed by atoms with Crippen LogP contribution in [0.2, 0.25) is 0 Å². The molecule has 0 radical (unpaired) electrons. The second-order valence-electron chi connectivity index (χ2n) is 5.58. The minimum absolute atomic E-state index is 0.258. The van der Waals surface area contributed by atoms with Gasteiger partial charge in [-0.25, -0.2) is 0 Å². The first-order valence-electron chi connectivity index (χ1n) is 7.18. The summed E-state index contributed by atoms with van der Waals surface area (Å²) in [4.78, 5) is 14.2. The molecule has 1 amide bonds. The number of carbonyl (C=O) groups excluding carboxylic acids is 1. The minimum Gasteiger partial charge on any atom is -0.339 e. The van der Waals surface area contributed by atoms with Crippen LogP contribution in [0, 0.1) is 6.92 Å². The van der Waals surface area contributed by atoms with E-state index in [1.54, 1.807) is 0 Å². The van der Waals surface area contributed by atoms with Crippen LogP contribution in [0.1, 0.15) is 43.2 Å². The molecule has 0 spiro atoms. The Balaban J connectivity index is 2.05. The largest absolute Gasteiger partial charge is 0.339 e. The van der Waals surface area contributed by atoms with E-state index in [1.165, 1.54) is 11.1 Å². The van der Waals surface area contributed by atoms with Gasteiger partial charge in [0.1, 0.15) is 0 Å². The van der Waals surface area contributed by atoms with E-state index in [0.29, 0.717) is 24.9 Å². The highest BCUT2D eigenvalue weighted by atomic mass is 16.2. The minimum atomic E-state index is 0.258. The number of nitrogens with zero attached hydrogens (tertiary/aromatic N) is 1. The summed E-state index contributed by atoms with van der Waals surface area (Å²) in [5.41, 5.74) is 8.20. The predicted molar refractivity (Wildman–Crippen MR) is 78.0 cm³/mol. The molecule has 2 rings (SSSR count). The van der Waals surface area contributed by atoms with E-state index in [0.717, 1.165) is 19.4 Å². The lowest BCUT2D eigenvalue weighted by Gasteiger charge is -2.21. The first kappa shape index (κ1) is 14.1. The summed E-state index contributed by atoms with van der Waals surface area (Å²) in [7, 11) is 0. The number of aryl methyl sites for hydroxylation is 1. The molecule has 3 heteroatoms. The Bertz CT molecular complexity index is 444. The molecule has 2 atom stereocenters. The number of amides is 1. The predicted octanol–water partition coefficient (Wildman–Crippen LogP) is 2.44. The third-order valence-electron chi connectivity index (χ3n) is 4.12. The molecule has 0 aromatic heterocycles. The number of hydrogen-bond acceptors (Lipinski definition) is 2. The fraction of sp³-hybridized carbons (Fsp3) is 0.562. The van der Waals surface area contributed by atoms with Gasteiger partial charge >= 0.3 is 0 Å². The van der Waals surface area contributed by atoms with E-state index < -0.39 is 0 Å². The molecule has 104 valence electrons. The van der Waals surface area contributed by atoms with Gasteiger partial charge in [-0.05, 0) is 44.4 Å². The smallest absolute Gasteiger partial charge is 0.222 e. The molecule has 1 aliphatic rings. The summed E-state index contributed by atoms with van der Waals surface area (Å²) >= 11 is 0. The van der Waals surface area contributed by atoms with E-state index in [1.807, 2.05) is 4.90 Å². The molecule has 0 bridgehead atoms. The van der Waals surface area contributed by atoms with Crippen LogP contribution in [0.4, 0.5) is 0 Å². The van der Waals surface area contributed by atoms with Gasteiger partial charge in [-0.1, -0.05) is 24.3 Å². The normalized spacial score (nSPS) is 22.8. The van der Waals surface area contributed by atoms with Gasteiger partial charge in [0.25, 0.3) is 0 Å². The number of hydrogen-bond donors (Lipinski definition) is 1. The van der Waals surface area contributed by atoms with Crippen molar-refractivity contribution in [2.75, 3.05) is 13.1 Å². The van der Waals surface area contributed by atoms with Gasteiger partial charge < -0.3 is 10.6 Å². The number of rotatable bonds is 4. The lowest BCUT2D eigenvalue weighted by molar-refractivity contribution is -0.131. The number of carbonyl (C=O) groups is 1. The van der Waals surface area contributed by atoms with Crippen LogP contribution >= 0.6 is 0 Å². The highest BCUT2D eigenvalue weighted by molar-refractivity contribution is 5.77.